The summed E-state index contributed by atoms with van der Waals surface area (Å²) in [6.07, 6.45) is 77.0. The molecule has 0 saturated heterocycles. The lowest BCUT2D eigenvalue weighted by molar-refractivity contribution is -0.161. The fraction of sp³-hybridized carbons (Fsp3) is 0.632. The minimum absolute atomic E-state index is 0.0904. The van der Waals surface area contributed by atoms with Crippen molar-refractivity contribution in [3.8, 4) is 0 Å². The van der Waals surface area contributed by atoms with Crippen LogP contribution in [0.5, 0.6) is 0 Å². The highest BCUT2D eigenvalue weighted by Crippen LogP contribution is 2.43. The van der Waals surface area contributed by atoms with E-state index in [0.717, 1.165) is 135 Å². The summed E-state index contributed by atoms with van der Waals surface area (Å²) in [5.74, 6) is -1.61. The van der Waals surface area contributed by atoms with Crippen LogP contribution >= 0.6 is 7.82 Å². The summed E-state index contributed by atoms with van der Waals surface area (Å²) < 4.78 is 39.5. The molecule has 0 radical (unpaired) electrons. The van der Waals surface area contributed by atoms with Gasteiger partial charge in [0.1, 0.15) is 12.7 Å². The van der Waals surface area contributed by atoms with Gasteiger partial charge in [-0.2, -0.15) is 0 Å². The SMILES string of the molecule is CC/C=C\C/C=C\C/C=C\C/C=C\C/C=C\C/C=C\CCC(=O)OCC(COP(=O)(O)OCC(CO)OC(=O)CCCCCCC/C=C\C/C=C\CCCCC)OC(=O)CCCCCCCC/C=C\C/C=C\C/C=C\CCCCC. The van der Waals surface area contributed by atoms with Crippen LogP contribution in [0.2, 0.25) is 0 Å². The summed E-state index contributed by atoms with van der Waals surface area (Å²) in [5.41, 5.74) is 0. The Bertz CT molecular complexity index is 1850. The van der Waals surface area contributed by atoms with E-state index in [1.165, 1.54) is 44.9 Å². The molecule has 0 amide bonds. The van der Waals surface area contributed by atoms with Crippen LogP contribution in [0.3, 0.4) is 0 Å². The van der Waals surface area contributed by atoms with Gasteiger partial charge in [0.2, 0.25) is 0 Å². The second-order valence-corrected chi connectivity index (χ2v) is 21.6. The highest BCUT2D eigenvalue weighted by Gasteiger charge is 2.28. The Morgan fingerprint density at radius 1 is 0.362 bits per heavy atom. The molecule has 0 aliphatic carbocycles. The number of carbonyl (C=O) groups excluding carboxylic acids is 3. The third kappa shape index (κ3) is 58.3. The van der Waals surface area contributed by atoms with Crippen molar-refractivity contribution in [3.05, 3.63) is 134 Å². The molecule has 0 aromatic rings. The third-order valence-corrected chi connectivity index (χ3v) is 13.5. The minimum atomic E-state index is -4.79. The average molecular weight is 1140 g/mol. The van der Waals surface area contributed by atoms with Gasteiger partial charge in [0.25, 0.3) is 0 Å². The van der Waals surface area contributed by atoms with Crippen molar-refractivity contribution in [1.29, 1.82) is 0 Å². The number of phosphoric ester groups is 1. The minimum Gasteiger partial charge on any atom is -0.462 e. The van der Waals surface area contributed by atoms with E-state index in [9.17, 15) is 28.9 Å². The Kier molecular flexibility index (Phi) is 57.4. The molecule has 0 saturated carbocycles. The predicted molar refractivity (Wildman–Crippen MR) is 334 cm³/mol. The molecule has 0 fully saturated rings. The average Bonchev–Trinajstić information content (AvgIpc) is 3.45. The van der Waals surface area contributed by atoms with Crippen molar-refractivity contribution >= 4 is 25.7 Å². The van der Waals surface area contributed by atoms with Crippen molar-refractivity contribution in [3.63, 3.8) is 0 Å². The molecule has 11 nitrogen and oxygen atoms in total. The summed E-state index contributed by atoms with van der Waals surface area (Å²) in [6.45, 7) is 4.36. The number of aliphatic hydroxyl groups is 1. The molecule has 454 valence electrons. The summed E-state index contributed by atoms with van der Waals surface area (Å²) in [6, 6.07) is 0. The number of hydrogen-bond acceptors (Lipinski definition) is 10. The standard InChI is InChI=1S/C68H111O11P/c1-4-7-10-13-16-19-22-25-28-30-32-34-37-39-42-45-48-51-54-57-66(70)75-61-65(79-68(72)59-56-53-50-47-44-41-38-35-33-31-29-26-23-20-17-14-11-8-5-2)63-77-80(73,74)76-62-64(60-69)78-67(71)58-55-52-49-46-43-40-36-27-24-21-18-15-12-9-6-3/h7,10,16-21,25-29,32-36,39,42,48,51,64-65,69H,4-6,8-9,11-15,22-24,30-31,37-38,40-41,43-47,49-50,52-63H2,1-3H3,(H,73,74)/b10-7-,19-16-,20-17-,21-18-,28-25-,29-26-,34-32-,35-33-,36-27-,42-39-,51-48-. The first kappa shape index (κ1) is 75.6. The molecule has 0 aliphatic rings. The monoisotopic (exact) mass is 1130 g/mol. The quantitative estimate of drug-likeness (QED) is 0.0197. The highest BCUT2D eigenvalue weighted by molar-refractivity contribution is 7.47. The van der Waals surface area contributed by atoms with Crippen LogP contribution in [0.25, 0.3) is 0 Å². The molecule has 80 heavy (non-hydrogen) atoms. The number of hydrogen-bond donors (Lipinski definition) is 2. The van der Waals surface area contributed by atoms with E-state index >= 15 is 0 Å². The first-order chi connectivity index (χ1) is 39.2. The Morgan fingerprint density at radius 3 is 1.05 bits per heavy atom. The van der Waals surface area contributed by atoms with Crippen LogP contribution < -0.4 is 0 Å². The Hall–Kier alpha value is -4.38. The largest absolute Gasteiger partial charge is 0.472 e. The summed E-state index contributed by atoms with van der Waals surface area (Å²) in [4.78, 5) is 48.7. The van der Waals surface area contributed by atoms with Crippen LogP contribution in [0, 0.1) is 0 Å². The summed E-state index contributed by atoms with van der Waals surface area (Å²) in [7, 11) is -4.79. The second kappa shape index (κ2) is 60.7. The smallest absolute Gasteiger partial charge is 0.462 e. The van der Waals surface area contributed by atoms with Gasteiger partial charge in [-0.15, -0.1) is 0 Å². The molecule has 0 rings (SSSR count). The molecule has 3 unspecified atom stereocenters. The Labute approximate surface area is 487 Å². The van der Waals surface area contributed by atoms with E-state index in [2.05, 4.69) is 142 Å². The molecular formula is C68H111O11P. The molecule has 3 atom stereocenters. The first-order valence-corrected chi connectivity index (χ1v) is 32.6. The van der Waals surface area contributed by atoms with Crippen molar-refractivity contribution in [2.24, 2.45) is 0 Å². The van der Waals surface area contributed by atoms with Gasteiger partial charge in [0.15, 0.2) is 6.10 Å². The van der Waals surface area contributed by atoms with E-state index in [1.807, 2.05) is 12.2 Å². The van der Waals surface area contributed by atoms with Crippen molar-refractivity contribution in [2.75, 3.05) is 26.4 Å². The zero-order valence-corrected chi connectivity index (χ0v) is 51.1. The molecule has 2 N–H and O–H groups in total. The molecule has 0 aromatic heterocycles. The predicted octanol–water partition coefficient (Wildman–Crippen LogP) is 18.9. The van der Waals surface area contributed by atoms with Crippen LogP contribution in [-0.2, 0) is 42.2 Å². The number of allylic oxidation sites excluding steroid dienone is 22. The van der Waals surface area contributed by atoms with Gasteiger partial charge in [-0.25, -0.2) is 4.57 Å². The van der Waals surface area contributed by atoms with Gasteiger partial charge in [-0.05, 0) is 128 Å². The maximum absolute atomic E-state index is 12.9. The van der Waals surface area contributed by atoms with Crippen molar-refractivity contribution in [1.82, 2.24) is 0 Å². The number of rotatable bonds is 56. The number of carbonyl (C=O) groups is 3. The van der Waals surface area contributed by atoms with E-state index in [1.54, 1.807) is 0 Å². The number of unbranched alkanes of at least 4 members (excludes halogenated alkanes) is 17. The van der Waals surface area contributed by atoms with Crippen LogP contribution in [0.4, 0.5) is 0 Å². The molecule has 0 aliphatic heterocycles. The third-order valence-electron chi connectivity index (χ3n) is 12.5. The maximum Gasteiger partial charge on any atom is 0.472 e. The molecular weight excluding hydrogens is 1020 g/mol. The highest BCUT2D eigenvalue weighted by atomic mass is 31.2. The van der Waals surface area contributed by atoms with Crippen LogP contribution in [0.15, 0.2) is 134 Å². The Morgan fingerprint density at radius 2 is 0.675 bits per heavy atom. The van der Waals surface area contributed by atoms with Gasteiger partial charge < -0.3 is 24.2 Å². The summed E-state index contributed by atoms with van der Waals surface area (Å²) >= 11 is 0. The van der Waals surface area contributed by atoms with E-state index in [0.29, 0.717) is 19.3 Å². The van der Waals surface area contributed by atoms with E-state index < -0.39 is 57.8 Å². The molecule has 0 spiro atoms. The number of phosphoric acid groups is 1. The lowest BCUT2D eigenvalue weighted by Crippen LogP contribution is -2.30. The van der Waals surface area contributed by atoms with Gasteiger partial charge in [0, 0.05) is 19.3 Å². The molecule has 0 bridgehead atoms. The van der Waals surface area contributed by atoms with Gasteiger partial charge in [-0.3, -0.25) is 23.4 Å². The van der Waals surface area contributed by atoms with E-state index in [-0.39, 0.29) is 25.9 Å². The molecule has 0 heterocycles. The first-order valence-electron chi connectivity index (χ1n) is 31.1. The van der Waals surface area contributed by atoms with Gasteiger partial charge >= 0.3 is 25.7 Å². The molecule has 12 heteroatoms. The summed E-state index contributed by atoms with van der Waals surface area (Å²) in [5, 5.41) is 9.84. The Balaban J connectivity index is 4.88. The van der Waals surface area contributed by atoms with Crippen LogP contribution in [-0.4, -0.2) is 66.5 Å². The zero-order chi connectivity index (χ0) is 58.3. The van der Waals surface area contributed by atoms with E-state index in [4.69, 9.17) is 23.3 Å². The number of esters is 3. The maximum atomic E-state index is 12.9. The molecule has 0 aromatic carbocycles. The van der Waals surface area contributed by atoms with Crippen molar-refractivity contribution < 1.29 is 52.2 Å². The lowest BCUT2D eigenvalue weighted by atomic mass is 10.1. The normalized spacial score (nSPS) is 14.2. The number of aliphatic hydroxyl groups excluding tert-OH is 1. The topological polar surface area (TPSA) is 155 Å². The van der Waals surface area contributed by atoms with Gasteiger partial charge in [-0.1, -0.05) is 225 Å². The van der Waals surface area contributed by atoms with Crippen LogP contribution in [0.1, 0.15) is 239 Å². The zero-order valence-electron chi connectivity index (χ0n) is 50.2. The van der Waals surface area contributed by atoms with Gasteiger partial charge in [0.05, 0.1) is 19.8 Å². The fourth-order valence-corrected chi connectivity index (χ4v) is 8.61. The second-order valence-electron chi connectivity index (χ2n) is 20.1. The number of ether oxygens (including phenoxy) is 3. The fourth-order valence-electron chi connectivity index (χ4n) is 7.83. The lowest BCUT2D eigenvalue weighted by Gasteiger charge is -2.21. The van der Waals surface area contributed by atoms with Crippen molar-refractivity contribution in [2.45, 2.75) is 251 Å².